The first kappa shape index (κ1) is 70.6. The predicted octanol–water partition coefficient (Wildman–Crippen LogP) is 8.89. The number of hydrogen-bond acceptors (Lipinski definition) is 16. The average molecular weight is 1240 g/mol. The fourth-order valence-electron chi connectivity index (χ4n) is 9.87. The van der Waals surface area contributed by atoms with Gasteiger partial charge in [-0.1, -0.05) is 154 Å². The lowest BCUT2D eigenvalue weighted by atomic mass is 9.94. The van der Waals surface area contributed by atoms with E-state index in [2.05, 4.69) is 54.5 Å². The minimum Gasteiger partial charge on any atom is -0.457 e. The highest BCUT2D eigenvalue weighted by Crippen LogP contribution is 2.38. The van der Waals surface area contributed by atoms with E-state index in [0.717, 1.165) is 17.4 Å². The van der Waals surface area contributed by atoms with Crippen LogP contribution in [0.5, 0.6) is 0 Å². The van der Waals surface area contributed by atoms with E-state index in [0.29, 0.717) is 31.3 Å². The number of allylic oxidation sites excluding steroid dienone is 4. The van der Waals surface area contributed by atoms with E-state index in [1.54, 1.807) is 49.5 Å². The van der Waals surface area contributed by atoms with Gasteiger partial charge in [0, 0.05) is 50.9 Å². The molecule has 0 aliphatic carbocycles. The Balaban J connectivity index is 0.000000327. The molecule has 6 rings (SSSR count). The van der Waals surface area contributed by atoms with Crippen LogP contribution in [0.3, 0.4) is 0 Å². The van der Waals surface area contributed by atoms with Crippen LogP contribution in [0.1, 0.15) is 135 Å². The van der Waals surface area contributed by atoms with Crippen molar-refractivity contribution in [2.24, 2.45) is 23.7 Å². The van der Waals surface area contributed by atoms with Crippen molar-refractivity contribution in [1.29, 1.82) is 0 Å². The van der Waals surface area contributed by atoms with Crippen molar-refractivity contribution < 1.29 is 66.2 Å². The summed E-state index contributed by atoms with van der Waals surface area (Å²) >= 11 is 0. The second-order valence-corrected chi connectivity index (χ2v) is 35.6. The molecular weight excluding hydrogens is 1140 g/mol. The average Bonchev–Trinajstić information content (AvgIpc) is 2.80. The van der Waals surface area contributed by atoms with Crippen LogP contribution in [0.25, 0.3) is 0 Å². The molecule has 0 radical (unpaired) electrons. The number of hydrogen-bond donors (Lipinski definition) is 3. The lowest BCUT2D eigenvalue weighted by Gasteiger charge is -2.38. The van der Waals surface area contributed by atoms with Gasteiger partial charge in [-0.2, -0.15) is 0 Å². The van der Waals surface area contributed by atoms with Crippen molar-refractivity contribution >= 4 is 68.9 Å². The highest BCUT2D eigenvalue weighted by Gasteiger charge is 2.41. The highest BCUT2D eigenvalue weighted by molar-refractivity contribution is 6.88. The molecule has 2 aromatic rings. The van der Waals surface area contributed by atoms with Gasteiger partial charge in [-0.25, -0.2) is 19.6 Å². The third kappa shape index (κ3) is 20.7. The molecular formula is C65H92N6O14Si2. The monoisotopic (exact) mass is 1240 g/mol. The number of cyclic esters (lactones) is 2. The molecule has 4 bridgehead atoms. The fourth-order valence-corrected chi connectivity index (χ4v) is 12.4. The molecule has 474 valence electrons. The van der Waals surface area contributed by atoms with Gasteiger partial charge in [0.1, 0.15) is 54.9 Å². The smallest absolute Gasteiger partial charge is 0.355 e. The van der Waals surface area contributed by atoms with Crippen LogP contribution in [-0.4, -0.2) is 139 Å². The second-order valence-electron chi connectivity index (χ2n) is 25.9. The molecule has 4 amide bonds. The number of amides is 4. The summed E-state index contributed by atoms with van der Waals surface area (Å²) in [5.41, 5.74) is 2.00. The van der Waals surface area contributed by atoms with Gasteiger partial charge in [-0.3, -0.25) is 28.8 Å². The minimum absolute atomic E-state index is 0.0315. The van der Waals surface area contributed by atoms with Crippen LogP contribution in [0.2, 0.25) is 37.8 Å². The number of oxazole rings is 2. The SMILES string of the molecule is CC1=C[C@@H](O)CC(=O)Cc2nc(co2)C(=O)N2CCC=C2C(=O)O[C@H](C(C)C)[C@H](C)/C=C/C(=O)NCC=C1.CC1=C[C@@H](O[Si](C)(C)C(C)(C)C)CC(=O)Cc2nc(c([Si](C)(C)C)o2)C(=O)N2CCC=C2C(=O)O[C@H](C(C)C)[C@H](C)/C=C/C(=O)NCC=C1. The number of Topliss-reactive ketones (excluding diaryl/α,β-unsaturated/α-hetero) is 2. The summed E-state index contributed by atoms with van der Waals surface area (Å²) in [7, 11) is -4.52. The zero-order valence-corrected chi connectivity index (χ0v) is 55.7. The van der Waals surface area contributed by atoms with E-state index in [-0.39, 0.29) is 125 Å². The first-order valence-electron chi connectivity index (χ1n) is 30.1. The molecule has 4 aliphatic heterocycles. The van der Waals surface area contributed by atoms with Gasteiger partial charge in [0.15, 0.2) is 19.7 Å². The number of ketones is 2. The molecule has 2 aromatic heterocycles. The molecule has 87 heavy (non-hydrogen) atoms. The maximum Gasteiger partial charge on any atom is 0.355 e. The van der Waals surface area contributed by atoms with Gasteiger partial charge < -0.3 is 48.3 Å². The van der Waals surface area contributed by atoms with Gasteiger partial charge >= 0.3 is 11.9 Å². The topological polar surface area (TPSA) is 267 Å². The summed E-state index contributed by atoms with van der Waals surface area (Å²) in [5.74, 6) is -3.67. The number of fused-ring (bicyclic) bond motifs is 6. The molecule has 6 heterocycles. The third-order valence-corrected chi connectivity index (χ3v) is 21.6. The first-order valence-corrected chi connectivity index (χ1v) is 36.5. The zero-order chi connectivity index (χ0) is 64.7. The van der Waals surface area contributed by atoms with Gasteiger partial charge in [-0.05, 0) is 68.8 Å². The first-order chi connectivity index (χ1) is 40.6. The van der Waals surface area contributed by atoms with Crippen molar-refractivity contribution in [2.45, 2.75) is 177 Å². The molecule has 0 spiro atoms. The molecule has 0 saturated carbocycles. The van der Waals surface area contributed by atoms with E-state index >= 15 is 0 Å². The number of esters is 2. The number of carbonyl (C=O) groups excluding carboxylic acids is 8. The maximum atomic E-state index is 14.1. The summed E-state index contributed by atoms with van der Waals surface area (Å²) < 4.78 is 30.0. The predicted molar refractivity (Wildman–Crippen MR) is 336 cm³/mol. The Morgan fingerprint density at radius 3 is 1.64 bits per heavy atom. The highest BCUT2D eigenvalue weighted by atomic mass is 28.4. The Labute approximate surface area is 514 Å². The van der Waals surface area contributed by atoms with E-state index in [9.17, 15) is 43.5 Å². The van der Waals surface area contributed by atoms with Crippen molar-refractivity contribution in [2.75, 3.05) is 26.2 Å². The number of aromatic nitrogens is 2. The Morgan fingerprint density at radius 2 is 1.15 bits per heavy atom. The van der Waals surface area contributed by atoms with E-state index in [4.69, 9.17) is 22.7 Å². The van der Waals surface area contributed by atoms with Crippen molar-refractivity contribution in [3.8, 4) is 0 Å². The molecule has 0 fully saturated rings. The normalized spacial score (nSPS) is 24.4. The number of aliphatic hydroxyl groups is 1. The standard InChI is InChI=1S/C37H57N3O7Si2.C28H35N3O7/c1-24(2)33-26(4)17-18-30(42)38-19-13-15-25(3)21-28(47-49(11,12)37(5,6)7)22-27(41)23-31-39-32(36(45-31)48(8,9)10)34(43)40-20-14-16-29(40)35(44)46-33;1-17(2)26-19(4)9-10-24(34)29-11-5-7-18(3)13-20(32)14-21(33)15-25-30-22(16-37-25)27(35)31-12-6-8-23(31)28(36)38-26/h13,15-18,21,24,26,28,33H,14,19-20,22-23H2,1-12H3,(H,38,42);5,7-10,13,16-17,19-20,26,32H,6,11-12,14-15H2,1-4H3,(H,29,34)/b15-13?,18-17+,25-21?;7-5?,10-9+,18-13?/t26-,28-,33-;19-,20-,26-/m11/s1. The summed E-state index contributed by atoms with van der Waals surface area (Å²) in [4.78, 5) is 116. The summed E-state index contributed by atoms with van der Waals surface area (Å²) in [6.45, 7) is 33.2. The lowest BCUT2D eigenvalue weighted by Crippen LogP contribution is -2.44. The molecule has 0 unspecified atom stereocenters. The molecule has 6 atom stereocenters. The van der Waals surface area contributed by atoms with Crippen molar-refractivity contribution in [3.05, 3.63) is 125 Å². The third-order valence-electron chi connectivity index (χ3n) is 15.4. The van der Waals surface area contributed by atoms with Crippen molar-refractivity contribution in [1.82, 2.24) is 30.4 Å². The van der Waals surface area contributed by atoms with E-state index < -0.39 is 64.6 Å². The second kappa shape index (κ2) is 31.2. The van der Waals surface area contributed by atoms with Gasteiger partial charge in [0.2, 0.25) is 23.6 Å². The summed E-state index contributed by atoms with van der Waals surface area (Å²) in [6, 6.07) is 0. The molecule has 22 heteroatoms. The number of nitrogens with one attached hydrogen (secondary N) is 2. The Kier molecular flexibility index (Phi) is 25.3. The number of aliphatic hydroxyl groups excluding tert-OH is 1. The van der Waals surface area contributed by atoms with Crippen LogP contribution in [0.4, 0.5) is 0 Å². The van der Waals surface area contributed by atoms with Gasteiger partial charge in [0.05, 0.1) is 25.0 Å². The number of rotatable bonds is 5. The van der Waals surface area contributed by atoms with E-state index in [1.165, 1.54) is 22.0 Å². The minimum atomic E-state index is -2.26. The molecule has 0 saturated heterocycles. The van der Waals surface area contributed by atoms with Crippen LogP contribution in [0.15, 0.2) is 111 Å². The Bertz CT molecular complexity index is 3100. The van der Waals surface area contributed by atoms with E-state index in [1.807, 2.05) is 86.3 Å². The Hall–Kier alpha value is -7.15. The largest absolute Gasteiger partial charge is 0.457 e. The number of nitrogens with zero attached hydrogens (tertiary/aromatic N) is 4. The van der Waals surface area contributed by atoms with Crippen molar-refractivity contribution in [3.63, 3.8) is 0 Å². The fraction of sp³-hybridized carbons (Fsp3) is 0.538. The number of ether oxygens (including phenoxy) is 2. The number of carbonyl (C=O) groups is 8. The summed E-state index contributed by atoms with van der Waals surface area (Å²) in [5, 5.41) is 16.3. The molecule has 0 aromatic carbocycles. The van der Waals surface area contributed by atoms with Gasteiger partial charge in [0.25, 0.3) is 11.8 Å². The molecule has 4 aliphatic rings. The van der Waals surface area contributed by atoms with Crippen LogP contribution in [-0.2, 0) is 55.5 Å². The maximum absolute atomic E-state index is 14.1. The lowest BCUT2D eigenvalue weighted by molar-refractivity contribution is -0.150. The molecule has 20 nitrogen and oxygen atoms in total. The Morgan fingerprint density at radius 1 is 0.667 bits per heavy atom. The van der Waals surface area contributed by atoms with Gasteiger partial charge in [-0.15, -0.1) is 0 Å². The summed E-state index contributed by atoms with van der Waals surface area (Å²) in [6.07, 6.45) is 19.6. The van der Waals surface area contributed by atoms with Crippen LogP contribution >= 0.6 is 0 Å². The quantitative estimate of drug-likeness (QED) is 0.186. The van der Waals surface area contributed by atoms with Crippen LogP contribution < -0.4 is 16.0 Å². The zero-order valence-electron chi connectivity index (χ0n) is 53.7. The molecule has 3 N–H and O–H groups in total. The van der Waals surface area contributed by atoms with Crippen LogP contribution in [0, 0.1) is 23.7 Å².